The maximum atomic E-state index is 6.19. The SMILES string of the molecule is CC(N)Cc1cccc(Cl)c1OCc1ccsc1. The van der Waals surface area contributed by atoms with Crippen LogP contribution in [0.15, 0.2) is 35.0 Å². The van der Waals surface area contributed by atoms with Gasteiger partial charge in [0.25, 0.3) is 0 Å². The normalized spacial score (nSPS) is 12.4. The Balaban J connectivity index is 2.14. The second-order valence-electron chi connectivity index (χ2n) is 4.33. The molecule has 1 atom stereocenters. The average molecular weight is 282 g/mol. The van der Waals surface area contributed by atoms with Gasteiger partial charge in [0, 0.05) is 6.04 Å². The second kappa shape index (κ2) is 6.23. The predicted molar refractivity (Wildman–Crippen MR) is 77.5 cm³/mol. The standard InChI is InChI=1S/C14H16ClNOS/c1-10(16)7-12-3-2-4-13(15)14(12)17-8-11-5-6-18-9-11/h2-6,9-10H,7-8,16H2,1H3. The molecule has 1 unspecified atom stereocenters. The lowest BCUT2D eigenvalue weighted by molar-refractivity contribution is 0.303. The van der Waals surface area contributed by atoms with Crippen LogP contribution in [0.1, 0.15) is 18.1 Å². The summed E-state index contributed by atoms with van der Waals surface area (Å²) in [6, 6.07) is 7.92. The van der Waals surface area contributed by atoms with E-state index in [-0.39, 0.29) is 6.04 Å². The molecule has 2 rings (SSSR count). The van der Waals surface area contributed by atoms with E-state index < -0.39 is 0 Å². The zero-order valence-corrected chi connectivity index (χ0v) is 11.8. The molecular formula is C14H16ClNOS. The highest BCUT2D eigenvalue weighted by atomic mass is 35.5. The summed E-state index contributed by atoms with van der Waals surface area (Å²) in [5.74, 6) is 0.752. The first-order valence-electron chi connectivity index (χ1n) is 5.83. The van der Waals surface area contributed by atoms with E-state index in [1.165, 1.54) is 0 Å². The monoisotopic (exact) mass is 281 g/mol. The van der Waals surface area contributed by atoms with Crippen LogP contribution in [0.3, 0.4) is 0 Å². The molecule has 0 bridgehead atoms. The fraction of sp³-hybridized carbons (Fsp3) is 0.286. The Morgan fingerprint density at radius 1 is 1.39 bits per heavy atom. The highest BCUT2D eigenvalue weighted by Crippen LogP contribution is 2.30. The third kappa shape index (κ3) is 3.48. The van der Waals surface area contributed by atoms with Gasteiger partial charge in [-0.3, -0.25) is 0 Å². The molecule has 2 N–H and O–H groups in total. The number of para-hydroxylation sites is 1. The molecule has 0 aliphatic rings. The highest BCUT2D eigenvalue weighted by Gasteiger charge is 2.10. The average Bonchev–Trinajstić information content (AvgIpc) is 2.80. The lowest BCUT2D eigenvalue weighted by Gasteiger charge is -2.14. The largest absolute Gasteiger partial charge is 0.487 e. The van der Waals surface area contributed by atoms with Gasteiger partial charge in [0.15, 0.2) is 0 Å². The Hall–Kier alpha value is -1.03. The fourth-order valence-corrected chi connectivity index (χ4v) is 2.66. The summed E-state index contributed by atoms with van der Waals surface area (Å²) in [5, 5.41) is 4.75. The summed E-state index contributed by atoms with van der Waals surface area (Å²) in [5.41, 5.74) is 8.06. The number of nitrogens with two attached hydrogens (primary N) is 1. The van der Waals surface area contributed by atoms with Crippen LogP contribution in [0.4, 0.5) is 0 Å². The molecule has 1 heterocycles. The molecule has 0 fully saturated rings. The van der Waals surface area contributed by atoms with E-state index in [0.717, 1.165) is 23.3 Å². The maximum Gasteiger partial charge on any atom is 0.141 e. The van der Waals surface area contributed by atoms with Crippen molar-refractivity contribution in [2.75, 3.05) is 0 Å². The van der Waals surface area contributed by atoms with Crippen LogP contribution in [0, 0.1) is 0 Å². The van der Waals surface area contributed by atoms with Crippen molar-refractivity contribution < 1.29 is 4.74 Å². The van der Waals surface area contributed by atoms with Gasteiger partial charge in [0.2, 0.25) is 0 Å². The van der Waals surface area contributed by atoms with Crippen LogP contribution >= 0.6 is 22.9 Å². The predicted octanol–water partition coefficient (Wildman–Crippen LogP) is 3.87. The van der Waals surface area contributed by atoms with Crippen molar-refractivity contribution in [3.63, 3.8) is 0 Å². The molecule has 18 heavy (non-hydrogen) atoms. The Kier molecular flexibility index (Phi) is 4.64. The fourth-order valence-electron chi connectivity index (χ4n) is 1.75. The summed E-state index contributed by atoms with van der Waals surface area (Å²) >= 11 is 7.85. The smallest absolute Gasteiger partial charge is 0.141 e. The number of halogens is 1. The van der Waals surface area contributed by atoms with Gasteiger partial charge in [-0.1, -0.05) is 23.7 Å². The minimum Gasteiger partial charge on any atom is -0.487 e. The number of hydrogen-bond acceptors (Lipinski definition) is 3. The molecule has 0 saturated carbocycles. The van der Waals surface area contributed by atoms with Crippen molar-refractivity contribution in [2.24, 2.45) is 5.73 Å². The lowest BCUT2D eigenvalue weighted by Crippen LogP contribution is -2.18. The Morgan fingerprint density at radius 3 is 2.89 bits per heavy atom. The van der Waals surface area contributed by atoms with Crippen molar-refractivity contribution in [1.29, 1.82) is 0 Å². The Bertz CT molecular complexity index is 497. The molecule has 0 aliphatic heterocycles. The highest BCUT2D eigenvalue weighted by molar-refractivity contribution is 7.07. The van der Waals surface area contributed by atoms with Gasteiger partial charge in [-0.25, -0.2) is 0 Å². The van der Waals surface area contributed by atoms with Crippen molar-refractivity contribution >= 4 is 22.9 Å². The van der Waals surface area contributed by atoms with Crippen LogP contribution in [0.2, 0.25) is 5.02 Å². The van der Waals surface area contributed by atoms with Gasteiger partial charge in [-0.05, 0) is 47.4 Å². The quantitative estimate of drug-likeness (QED) is 0.903. The van der Waals surface area contributed by atoms with Crippen LogP contribution in [-0.2, 0) is 13.0 Å². The van der Waals surface area contributed by atoms with Crippen LogP contribution in [-0.4, -0.2) is 6.04 Å². The summed E-state index contributed by atoms with van der Waals surface area (Å²) in [4.78, 5) is 0. The van der Waals surface area contributed by atoms with E-state index in [1.54, 1.807) is 11.3 Å². The molecule has 1 aromatic heterocycles. The molecular weight excluding hydrogens is 266 g/mol. The zero-order chi connectivity index (χ0) is 13.0. The number of ether oxygens (including phenoxy) is 1. The van der Waals surface area contributed by atoms with Crippen molar-refractivity contribution in [3.8, 4) is 5.75 Å². The number of rotatable bonds is 5. The molecule has 0 amide bonds. The summed E-state index contributed by atoms with van der Waals surface area (Å²) in [7, 11) is 0. The summed E-state index contributed by atoms with van der Waals surface area (Å²) < 4.78 is 5.83. The Morgan fingerprint density at radius 2 is 2.22 bits per heavy atom. The van der Waals surface area contributed by atoms with E-state index in [1.807, 2.05) is 36.6 Å². The van der Waals surface area contributed by atoms with Crippen molar-refractivity contribution in [1.82, 2.24) is 0 Å². The summed E-state index contributed by atoms with van der Waals surface area (Å²) in [6.45, 7) is 2.52. The molecule has 4 heteroatoms. The molecule has 2 aromatic rings. The van der Waals surface area contributed by atoms with Gasteiger partial charge >= 0.3 is 0 Å². The maximum absolute atomic E-state index is 6.19. The molecule has 1 aromatic carbocycles. The molecule has 0 saturated heterocycles. The molecule has 0 radical (unpaired) electrons. The van der Waals surface area contributed by atoms with Crippen LogP contribution in [0.5, 0.6) is 5.75 Å². The van der Waals surface area contributed by atoms with Gasteiger partial charge in [0.05, 0.1) is 5.02 Å². The van der Waals surface area contributed by atoms with E-state index in [2.05, 4.69) is 5.38 Å². The van der Waals surface area contributed by atoms with Crippen molar-refractivity contribution in [3.05, 3.63) is 51.2 Å². The first kappa shape index (κ1) is 13.4. The second-order valence-corrected chi connectivity index (χ2v) is 5.52. The first-order chi connectivity index (χ1) is 8.66. The third-order valence-corrected chi connectivity index (χ3v) is 3.58. The van der Waals surface area contributed by atoms with Gasteiger partial charge in [-0.15, -0.1) is 0 Å². The Labute approximate surface area is 116 Å². The van der Waals surface area contributed by atoms with Crippen LogP contribution in [0.25, 0.3) is 0 Å². The van der Waals surface area contributed by atoms with Crippen LogP contribution < -0.4 is 10.5 Å². The molecule has 2 nitrogen and oxygen atoms in total. The van der Waals surface area contributed by atoms with Gasteiger partial charge in [0.1, 0.15) is 12.4 Å². The van der Waals surface area contributed by atoms with Gasteiger partial charge in [-0.2, -0.15) is 11.3 Å². The van der Waals surface area contributed by atoms with Gasteiger partial charge < -0.3 is 10.5 Å². The minimum absolute atomic E-state index is 0.0898. The lowest BCUT2D eigenvalue weighted by atomic mass is 10.1. The van der Waals surface area contributed by atoms with E-state index in [4.69, 9.17) is 22.1 Å². The van der Waals surface area contributed by atoms with E-state index in [9.17, 15) is 0 Å². The number of hydrogen-bond donors (Lipinski definition) is 1. The van der Waals surface area contributed by atoms with Crippen molar-refractivity contribution in [2.45, 2.75) is 26.0 Å². The summed E-state index contributed by atoms with van der Waals surface area (Å²) in [6.07, 6.45) is 0.763. The number of thiophene rings is 1. The molecule has 96 valence electrons. The third-order valence-electron chi connectivity index (χ3n) is 2.55. The minimum atomic E-state index is 0.0898. The number of benzene rings is 1. The first-order valence-corrected chi connectivity index (χ1v) is 7.15. The van der Waals surface area contributed by atoms with E-state index >= 15 is 0 Å². The zero-order valence-electron chi connectivity index (χ0n) is 10.2. The molecule has 0 aliphatic carbocycles. The van der Waals surface area contributed by atoms with E-state index in [0.29, 0.717) is 11.6 Å². The molecule has 0 spiro atoms. The topological polar surface area (TPSA) is 35.2 Å².